The predicted molar refractivity (Wildman–Crippen MR) is 136 cm³/mol. The molecule has 0 N–H and O–H groups in total. The number of aliphatic imine (C=N–C) groups is 1. The minimum Gasteiger partial charge on any atom is -0.456 e. The largest absolute Gasteiger partial charge is 0.456 e. The Hall–Kier alpha value is -3.43. The van der Waals surface area contributed by atoms with Crippen LogP contribution in [0.1, 0.15) is 28.2 Å². The fourth-order valence-corrected chi connectivity index (χ4v) is 4.43. The topological polar surface area (TPSA) is 21.6 Å². The molecule has 0 spiro atoms. The van der Waals surface area contributed by atoms with E-state index in [-0.39, 0.29) is 5.92 Å². The molecule has 3 heteroatoms. The zero-order valence-corrected chi connectivity index (χ0v) is 19.3. The first-order valence-electron chi connectivity index (χ1n) is 10.6. The average molecular weight is 480 g/mol. The molecule has 32 heavy (non-hydrogen) atoms. The van der Waals surface area contributed by atoms with Crippen molar-refractivity contribution < 1.29 is 4.74 Å². The summed E-state index contributed by atoms with van der Waals surface area (Å²) in [5.74, 6) is 1.74. The Kier molecular flexibility index (Phi) is 5.74. The van der Waals surface area contributed by atoms with Crippen molar-refractivity contribution in [3.05, 3.63) is 135 Å². The summed E-state index contributed by atoms with van der Waals surface area (Å²) >= 11 is 3.61. The smallest absolute Gasteiger partial charge is 0.140 e. The van der Waals surface area contributed by atoms with Gasteiger partial charge in [-0.2, -0.15) is 0 Å². The number of halogens is 1. The third kappa shape index (κ3) is 4.04. The molecule has 4 aromatic rings. The van der Waals surface area contributed by atoms with Crippen molar-refractivity contribution in [3.8, 4) is 5.75 Å². The highest BCUT2D eigenvalue weighted by Gasteiger charge is 2.30. The number of aryl methyl sites for hydroxylation is 1. The van der Waals surface area contributed by atoms with Gasteiger partial charge in [0.25, 0.3) is 0 Å². The lowest BCUT2D eigenvalue weighted by atomic mass is 9.81. The van der Waals surface area contributed by atoms with Crippen LogP contribution in [0, 0.1) is 6.92 Å². The van der Waals surface area contributed by atoms with Gasteiger partial charge >= 0.3 is 0 Å². The van der Waals surface area contributed by atoms with E-state index >= 15 is 0 Å². The molecule has 1 aliphatic rings. The molecule has 156 valence electrons. The highest BCUT2D eigenvalue weighted by Crippen LogP contribution is 2.45. The molecular formula is C29H22BrNO. The summed E-state index contributed by atoms with van der Waals surface area (Å²) in [6, 6.07) is 35.3. The Morgan fingerprint density at radius 3 is 2.25 bits per heavy atom. The van der Waals surface area contributed by atoms with Gasteiger partial charge in [0.1, 0.15) is 11.5 Å². The van der Waals surface area contributed by atoms with E-state index in [4.69, 9.17) is 9.73 Å². The highest BCUT2D eigenvalue weighted by molar-refractivity contribution is 9.10. The van der Waals surface area contributed by atoms with Crippen LogP contribution in [0.4, 0.5) is 5.69 Å². The minimum absolute atomic E-state index is 0.0157. The van der Waals surface area contributed by atoms with Crippen LogP contribution in [-0.2, 0) is 0 Å². The van der Waals surface area contributed by atoms with Crippen molar-refractivity contribution in [2.75, 3.05) is 0 Å². The van der Waals surface area contributed by atoms with E-state index in [0.717, 1.165) is 38.4 Å². The highest BCUT2D eigenvalue weighted by atomic mass is 79.9. The van der Waals surface area contributed by atoms with Crippen LogP contribution in [0.3, 0.4) is 0 Å². The normalized spacial score (nSPS) is 15.5. The molecule has 0 aliphatic carbocycles. The number of rotatable bonds is 4. The lowest BCUT2D eigenvalue weighted by Gasteiger charge is -2.30. The van der Waals surface area contributed by atoms with Crippen molar-refractivity contribution in [1.29, 1.82) is 0 Å². The van der Waals surface area contributed by atoms with Crippen LogP contribution >= 0.6 is 15.9 Å². The van der Waals surface area contributed by atoms with E-state index in [1.807, 2.05) is 60.8 Å². The van der Waals surface area contributed by atoms with Crippen LogP contribution in [0.5, 0.6) is 5.75 Å². The maximum atomic E-state index is 6.50. The number of hydrogen-bond acceptors (Lipinski definition) is 2. The van der Waals surface area contributed by atoms with Gasteiger partial charge in [-0.1, -0.05) is 90.5 Å². The maximum Gasteiger partial charge on any atom is 0.140 e. The summed E-state index contributed by atoms with van der Waals surface area (Å²) < 4.78 is 7.46. The first-order valence-corrected chi connectivity index (χ1v) is 11.4. The zero-order chi connectivity index (χ0) is 21.9. The minimum atomic E-state index is 0.0157. The molecule has 4 aromatic carbocycles. The Bertz CT molecular complexity index is 1310. The van der Waals surface area contributed by atoms with Crippen LogP contribution in [0.15, 0.2) is 118 Å². The van der Waals surface area contributed by atoms with E-state index in [9.17, 15) is 0 Å². The third-order valence-electron chi connectivity index (χ3n) is 5.66. The molecule has 0 radical (unpaired) electrons. The van der Waals surface area contributed by atoms with Gasteiger partial charge in [0.2, 0.25) is 0 Å². The number of allylic oxidation sites excluding steroid dienone is 1. The van der Waals surface area contributed by atoms with Crippen molar-refractivity contribution in [2.24, 2.45) is 4.99 Å². The maximum absolute atomic E-state index is 6.50. The van der Waals surface area contributed by atoms with Crippen LogP contribution in [0.25, 0.3) is 5.76 Å². The molecule has 0 amide bonds. The molecule has 2 nitrogen and oxygen atoms in total. The van der Waals surface area contributed by atoms with E-state index in [0.29, 0.717) is 0 Å². The second kappa shape index (κ2) is 8.97. The summed E-state index contributed by atoms with van der Waals surface area (Å²) in [5.41, 5.74) is 6.55. The molecule has 0 fully saturated rings. The van der Waals surface area contributed by atoms with Gasteiger partial charge in [0, 0.05) is 33.3 Å². The molecular weight excluding hydrogens is 458 g/mol. The fraction of sp³-hybridized carbons (Fsp3) is 0.0690. The van der Waals surface area contributed by atoms with Gasteiger partial charge in [0.15, 0.2) is 0 Å². The van der Waals surface area contributed by atoms with Crippen molar-refractivity contribution in [2.45, 2.75) is 12.8 Å². The molecule has 0 saturated heterocycles. The first kappa shape index (κ1) is 20.5. The predicted octanol–water partition coefficient (Wildman–Crippen LogP) is 8.10. The molecule has 0 saturated carbocycles. The van der Waals surface area contributed by atoms with E-state index in [2.05, 4.69) is 71.4 Å². The number of hydrogen-bond donors (Lipinski definition) is 0. The van der Waals surface area contributed by atoms with Crippen molar-refractivity contribution in [1.82, 2.24) is 0 Å². The molecule has 0 aromatic heterocycles. The van der Waals surface area contributed by atoms with Gasteiger partial charge in [-0.05, 0) is 46.6 Å². The Balaban J connectivity index is 1.74. The lowest BCUT2D eigenvalue weighted by molar-refractivity contribution is 0.489. The summed E-state index contributed by atoms with van der Waals surface area (Å²) in [6.45, 7) is 2.11. The second-order valence-corrected chi connectivity index (χ2v) is 8.70. The Morgan fingerprint density at radius 2 is 1.47 bits per heavy atom. The number of nitrogens with zero attached hydrogens (tertiary/aromatic N) is 1. The second-order valence-electron chi connectivity index (χ2n) is 7.84. The summed E-state index contributed by atoms with van der Waals surface area (Å²) in [5, 5.41) is 0. The number of benzene rings is 4. The fourth-order valence-electron chi connectivity index (χ4n) is 4.04. The number of fused-ring (bicyclic) bond motifs is 1. The SMILES string of the molecule is Cc1ccc([C@@H]2C(C=Nc3ccccc3Br)=C(c3ccccc3)Oc3ccccc32)cc1. The summed E-state index contributed by atoms with van der Waals surface area (Å²) in [4.78, 5) is 4.86. The summed E-state index contributed by atoms with van der Waals surface area (Å²) in [7, 11) is 0. The zero-order valence-electron chi connectivity index (χ0n) is 17.7. The number of para-hydroxylation sites is 2. The standard InChI is InChI=1S/C29H22BrNO/c1-20-15-17-21(18-16-20)28-23-11-5-8-14-27(23)32-29(22-9-3-2-4-10-22)24(28)19-31-26-13-7-6-12-25(26)30/h2-19,28H,1H3/t28-/m0/s1. The Morgan fingerprint density at radius 1 is 0.781 bits per heavy atom. The molecule has 0 unspecified atom stereocenters. The van der Waals surface area contributed by atoms with Gasteiger partial charge in [-0.15, -0.1) is 0 Å². The Labute approximate surface area is 197 Å². The van der Waals surface area contributed by atoms with Crippen molar-refractivity contribution >= 4 is 33.6 Å². The quantitative estimate of drug-likeness (QED) is 0.271. The average Bonchev–Trinajstić information content (AvgIpc) is 2.84. The van der Waals surface area contributed by atoms with E-state index in [1.54, 1.807) is 0 Å². The van der Waals surface area contributed by atoms with E-state index in [1.165, 1.54) is 11.1 Å². The van der Waals surface area contributed by atoms with Gasteiger partial charge in [0.05, 0.1) is 5.69 Å². The molecule has 1 heterocycles. The van der Waals surface area contributed by atoms with Gasteiger partial charge < -0.3 is 4.74 Å². The molecule has 1 aliphatic heterocycles. The van der Waals surface area contributed by atoms with Gasteiger partial charge in [-0.3, -0.25) is 4.99 Å². The van der Waals surface area contributed by atoms with Gasteiger partial charge in [-0.25, -0.2) is 0 Å². The summed E-state index contributed by atoms with van der Waals surface area (Å²) in [6.07, 6.45) is 1.96. The number of ether oxygens (including phenoxy) is 1. The van der Waals surface area contributed by atoms with Crippen LogP contribution in [-0.4, -0.2) is 6.21 Å². The van der Waals surface area contributed by atoms with Crippen molar-refractivity contribution in [3.63, 3.8) is 0 Å². The van der Waals surface area contributed by atoms with E-state index < -0.39 is 0 Å². The molecule has 1 atom stereocenters. The lowest BCUT2D eigenvalue weighted by Crippen LogP contribution is -2.17. The molecule has 5 rings (SSSR count). The first-order chi connectivity index (χ1) is 15.7. The van der Waals surface area contributed by atoms with Crippen LogP contribution < -0.4 is 4.74 Å². The monoisotopic (exact) mass is 479 g/mol. The third-order valence-corrected chi connectivity index (χ3v) is 6.33. The molecule has 0 bridgehead atoms. The van der Waals surface area contributed by atoms with Crippen LogP contribution in [0.2, 0.25) is 0 Å².